The molecule has 1 aliphatic carbocycles. The van der Waals surface area contributed by atoms with E-state index in [1.54, 1.807) is 6.33 Å². The summed E-state index contributed by atoms with van der Waals surface area (Å²) in [6.07, 6.45) is 7.38. The van der Waals surface area contributed by atoms with Gasteiger partial charge in [0, 0.05) is 34.3 Å². The van der Waals surface area contributed by atoms with E-state index in [0.29, 0.717) is 12.2 Å². The number of imidazole rings is 1. The summed E-state index contributed by atoms with van der Waals surface area (Å²) in [5.74, 6) is -2.51. The molecule has 0 radical (unpaired) electrons. The molecule has 0 aromatic carbocycles. The van der Waals surface area contributed by atoms with E-state index in [-0.39, 0.29) is 5.41 Å². The number of H-pyrrole nitrogens is 1. The van der Waals surface area contributed by atoms with Gasteiger partial charge in [-0.15, -0.1) is 11.3 Å². The molecule has 2 aromatic rings. The van der Waals surface area contributed by atoms with Gasteiger partial charge in [0.1, 0.15) is 0 Å². The molecule has 0 bridgehead atoms. The molecule has 2 heterocycles. The summed E-state index contributed by atoms with van der Waals surface area (Å²) in [7, 11) is 0. The van der Waals surface area contributed by atoms with Gasteiger partial charge in [-0.1, -0.05) is 0 Å². The van der Waals surface area contributed by atoms with Crippen LogP contribution in [0.5, 0.6) is 0 Å². The maximum atomic E-state index is 9.55. The van der Waals surface area contributed by atoms with Crippen molar-refractivity contribution in [3.63, 3.8) is 0 Å². The Morgan fingerprint density at radius 2 is 1.95 bits per heavy atom. The lowest BCUT2D eigenvalue weighted by atomic mass is 9.98. The van der Waals surface area contributed by atoms with Gasteiger partial charge in [0.05, 0.1) is 6.33 Å². The number of rotatable bonds is 4. The van der Waals surface area contributed by atoms with Crippen LogP contribution in [0.3, 0.4) is 0 Å². The first-order chi connectivity index (χ1) is 10.5. The summed E-state index contributed by atoms with van der Waals surface area (Å²) in [5.41, 5.74) is 2.99. The number of aryl methyl sites for hydroxylation is 1. The fourth-order valence-corrected chi connectivity index (χ4v) is 3.47. The zero-order valence-corrected chi connectivity index (χ0v) is 12.8. The molecule has 1 fully saturated rings. The van der Waals surface area contributed by atoms with Crippen molar-refractivity contribution in [1.82, 2.24) is 9.97 Å². The second kappa shape index (κ2) is 6.57. The number of hydrogen-bond donors (Lipinski definition) is 3. The van der Waals surface area contributed by atoms with Crippen molar-refractivity contribution in [3.05, 3.63) is 52.3 Å². The molecule has 0 aliphatic heterocycles. The third-order valence-electron chi connectivity index (χ3n) is 3.43. The molecule has 0 amide bonds. The minimum Gasteiger partial charge on any atom is -0.478 e. The third-order valence-corrected chi connectivity index (χ3v) is 4.65. The van der Waals surface area contributed by atoms with Gasteiger partial charge in [0.25, 0.3) is 0 Å². The Hall–Kier alpha value is -2.41. The van der Waals surface area contributed by atoms with Crippen LogP contribution in [0.15, 0.2) is 36.1 Å². The lowest BCUT2D eigenvalue weighted by Crippen LogP contribution is -2.08. The number of aromatic nitrogens is 2. The average molecular weight is 320 g/mol. The SMILES string of the molecule is Cc1ccsc1C1(c2cnc[nH]2)CC1.O=C(O)/C=C/C(=O)O. The number of carboxylic acids is 2. The standard InChI is InChI=1S/C11H12N2S.C4H4O4/c1-8-2-5-14-10(8)11(3-4-11)9-6-12-7-13-9;5-3(6)1-2-4(7)8/h2,5-7H,3-4H2,1H3,(H,12,13);1-2H,(H,5,6)(H,7,8)/b;2-1+. The van der Waals surface area contributed by atoms with Crippen LogP contribution in [-0.4, -0.2) is 32.1 Å². The van der Waals surface area contributed by atoms with E-state index >= 15 is 0 Å². The number of carboxylic acid groups (broad SMARTS) is 2. The molecule has 1 aliphatic rings. The predicted molar refractivity (Wildman–Crippen MR) is 82.1 cm³/mol. The minimum atomic E-state index is -1.26. The zero-order chi connectivity index (χ0) is 16.2. The van der Waals surface area contributed by atoms with E-state index < -0.39 is 11.9 Å². The Balaban J connectivity index is 0.000000192. The van der Waals surface area contributed by atoms with Crippen LogP contribution < -0.4 is 0 Å². The van der Waals surface area contributed by atoms with Crippen LogP contribution in [0.2, 0.25) is 0 Å². The molecule has 0 unspecified atom stereocenters. The topological polar surface area (TPSA) is 103 Å². The third kappa shape index (κ3) is 3.62. The minimum absolute atomic E-state index is 0.286. The molecule has 0 spiro atoms. The molecular formula is C15H16N2O4S. The second-order valence-corrected chi connectivity index (χ2v) is 5.91. The molecule has 116 valence electrons. The van der Waals surface area contributed by atoms with Crippen molar-refractivity contribution in [2.24, 2.45) is 0 Å². The quantitative estimate of drug-likeness (QED) is 0.751. The fourth-order valence-electron chi connectivity index (χ4n) is 2.27. The molecule has 2 aromatic heterocycles. The summed E-state index contributed by atoms with van der Waals surface area (Å²) in [5, 5.41) is 17.8. The van der Waals surface area contributed by atoms with Gasteiger partial charge in [0.2, 0.25) is 0 Å². The maximum absolute atomic E-state index is 9.55. The van der Waals surface area contributed by atoms with Crippen LogP contribution in [0.1, 0.15) is 29.0 Å². The summed E-state index contributed by atoms with van der Waals surface area (Å²) >= 11 is 1.87. The zero-order valence-electron chi connectivity index (χ0n) is 11.9. The lowest BCUT2D eigenvalue weighted by Gasteiger charge is -2.12. The van der Waals surface area contributed by atoms with Crippen molar-refractivity contribution in [3.8, 4) is 0 Å². The largest absolute Gasteiger partial charge is 0.478 e. The van der Waals surface area contributed by atoms with Crippen LogP contribution in [0.25, 0.3) is 0 Å². The van der Waals surface area contributed by atoms with Gasteiger partial charge in [-0.2, -0.15) is 0 Å². The summed E-state index contributed by atoms with van der Waals surface area (Å²) < 4.78 is 0. The van der Waals surface area contributed by atoms with Gasteiger partial charge >= 0.3 is 11.9 Å². The average Bonchev–Trinajstić information content (AvgIpc) is 2.90. The Morgan fingerprint density at radius 1 is 1.32 bits per heavy atom. The van der Waals surface area contributed by atoms with Crippen LogP contribution in [0.4, 0.5) is 0 Å². The monoisotopic (exact) mass is 320 g/mol. The number of aliphatic carboxylic acids is 2. The van der Waals surface area contributed by atoms with Crippen LogP contribution in [-0.2, 0) is 15.0 Å². The number of carbonyl (C=O) groups is 2. The highest BCUT2D eigenvalue weighted by atomic mass is 32.1. The van der Waals surface area contributed by atoms with Gasteiger partial charge in [0.15, 0.2) is 0 Å². The van der Waals surface area contributed by atoms with Crippen molar-refractivity contribution in [2.45, 2.75) is 25.2 Å². The van der Waals surface area contributed by atoms with E-state index in [0.717, 1.165) is 0 Å². The smallest absolute Gasteiger partial charge is 0.328 e. The van der Waals surface area contributed by atoms with Crippen molar-refractivity contribution in [1.29, 1.82) is 0 Å². The van der Waals surface area contributed by atoms with Gasteiger partial charge in [-0.05, 0) is 36.8 Å². The highest BCUT2D eigenvalue weighted by molar-refractivity contribution is 7.10. The highest BCUT2D eigenvalue weighted by Crippen LogP contribution is 2.55. The van der Waals surface area contributed by atoms with Crippen molar-refractivity contribution >= 4 is 23.3 Å². The Labute approximate surface area is 131 Å². The fraction of sp³-hybridized carbons (Fsp3) is 0.267. The first-order valence-electron chi connectivity index (χ1n) is 6.63. The molecule has 7 heteroatoms. The second-order valence-electron chi connectivity index (χ2n) is 4.99. The van der Waals surface area contributed by atoms with E-state index in [1.807, 2.05) is 17.5 Å². The van der Waals surface area contributed by atoms with Crippen molar-refractivity contribution < 1.29 is 19.8 Å². The van der Waals surface area contributed by atoms with Crippen LogP contribution in [0, 0.1) is 6.92 Å². The van der Waals surface area contributed by atoms with E-state index in [2.05, 4.69) is 28.3 Å². The number of hydrogen-bond acceptors (Lipinski definition) is 4. The molecule has 3 rings (SSSR count). The predicted octanol–water partition coefficient (Wildman–Crippen LogP) is 2.57. The first kappa shape index (κ1) is 16.0. The summed E-state index contributed by atoms with van der Waals surface area (Å²) in [6.45, 7) is 2.20. The highest BCUT2D eigenvalue weighted by Gasteiger charge is 2.48. The molecule has 3 N–H and O–H groups in total. The van der Waals surface area contributed by atoms with E-state index in [4.69, 9.17) is 10.2 Å². The van der Waals surface area contributed by atoms with Gasteiger partial charge in [-0.25, -0.2) is 14.6 Å². The molecule has 0 saturated heterocycles. The van der Waals surface area contributed by atoms with E-state index in [1.165, 1.54) is 29.0 Å². The Bertz CT molecular complexity index is 668. The Morgan fingerprint density at radius 3 is 2.32 bits per heavy atom. The normalized spacial score (nSPS) is 15.1. The molecular weight excluding hydrogens is 304 g/mol. The molecule has 1 saturated carbocycles. The number of nitrogens with one attached hydrogen (secondary N) is 1. The van der Waals surface area contributed by atoms with Gasteiger partial charge in [-0.3, -0.25) is 0 Å². The maximum Gasteiger partial charge on any atom is 0.328 e. The number of aromatic amines is 1. The van der Waals surface area contributed by atoms with E-state index in [9.17, 15) is 9.59 Å². The summed E-state index contributed by atoms with van der Waals surface area (Å²) in [6, 6.07) is 2.20. The van der Waals surface area contributed by atoms with Crippen LogP contribution >= 0.6 is 11.3 Å². The number of thiophene rings is 1. The number of nitrogens with zero attached hydrogens (tertiary/aromatic N) is 1. The lowest BCUT2D eigenvalue weighted by molar-refractivity contribution is -0.134. The Kier molecular flexibility index (Phi) is 4.77. The van der Waals surface area contributed by atoms with Crippen molar-refractivity contribution in [2.75, 3.05) is 0 Å². The molecule has 0 atom stereocenters. The van der Waals surface area contributed by atoms with Gasteiger partial charge < -0.3 is 15.2 Å². The summed E-state index contributed by atoms with van der Waals surface area (Å²) in [4.78, 5) is 28.0. The molecule has 6 nitrogen and oxygen atoms in total. The first-order valence-corrected chi connectivity index (χ1v) is 7.51. The molecule has 22 heavy (non-hydrogen) atoms.